The Bertz CT molecular complexity index is 1090. The Morgan fingerprint density at radius 3 is 2.29 bits per heavy atom. The minimum atomic E-state index is -1.14. The van der Waals surface area contributed by atoms with Crippen LogP contribution in [-0.2, 0) is 9.53 Å². The molecule has 0 saturated carbocycles. The maximum absolute atomic E-state index is 13.1. The van der Waals surface area contributed by atoms with E-state index in [0.717, 1.165) is 11.3 Å². The number of rotatable bonds is 9. The van der Waals surface area contributed by atoms with E-state index in [1.54, 1.807) is 27.7 Å². The summed E-state index contributed by atoms with van der Waals surface area (Å²) < 4.78 is 5.30. The maximum Gasteiger partial charge on any atom is 0.408 e. The van der Waals surface area contributed by atoms with E-state index in [2.05, 4.69) is 25.9 Å². The zero-order valence-electron chi connectivity index (χ0n) is 20.7. The number of nitrogens with one attached hydrogen (secondary N) is 3. The highest BCUT2D eigenvalue weighted by atomic mass is 32.1. The molecule has 0 aliphatic carbocycles. The van der Waals surface area contributed by atoms with Gasteiger partial charge in [-0.1, -0.05) is 13.8 Å². The van der Waals surface area contributed by atoms with Crippen LogP contribution in [0.25, 0.3) is 0 Å². The van der Waals surface area contributed by atoms with Crippen molar-refractivity contribution in [2.75, 3.05) is 7.05 Å². The molecule has 0 unspecified atom stereocenters. The Hall–Kier alpha value is -3.06. The summed E-state index contributed by atoms with van der Waals surface area (Å²) in [5, 5.41) is 19.5. The number of amides is 3. The average Bonchev–Trinajstić information content (AvgIpc) is 3.36. The molecule has 3 amide bonds. The molecule has 4 N–H and O–H groups in total. The van der Waals surface area contributed by atoms with Crippen molar-refractivity contribution >= 4 is 46.6 Å². The molecule has 2 heterocycles. The van der Waals surface area contributed by atoms with Gasteiger partial charge in [0.05, 0.1) is 18.5 Å². The van der Waals surface area contributed by atoms with Crippen LogP contribution >= 0.6 is 22.7 Å². The summed E-state index contributed by atoms with van der Waals surface area (Å²) in [6.45, 7) is 10.7. The first kappa shape index (κ1) is 28.2. The molecule has 0 aromatic carbocycles. The van der Waals surface area contributed by atoms with Crippen LogP contribution in [-0.4, -0.2) is 51.6 Å². The number of aromatic carboxylic acids is 1. The monoisotopic (exact) mass is 525 g/mol. The number of aryl methyl sites for hydroxylation is 1. The second kappa shape index (κ2) is 11.6. The first-order chi connectivity index (χ1) is 16.2. The van der Waals surface area contributed by atoms with E-state index >= 15 is 0 Å². The van der Waals surface area contributed by atoms with E-state index in [0.29, 0.717) is 14.9 Å². The van der Waals surface area contributed by atoms with Crippen LogP contribution < -0.4 is 16.0 Å². The number of carboxylic acids is 1. The highest BCUT2D eigenvalue weighted by Gasteiger charge is 2.29. The Balaban J connectivity index is 2.28. The molecule has 2 aromatic rings. The summed E-state index contributed by atoms with van der Waals surface area (Å²) in [7, 11) is 1.49. The van der Waals surface area contributed by atoms with Gasteiger partial charge in [-0.3, -0.25) is 9.59 Å². The lowest BCUT2D eigenvalue weighted by atomic mass is 10.0. The highest BCUT2D eigenvalue weighted by molar-refractivity contribution is 7.12. The van der Waals surface area contributed by atoms with E-state index in [1.165, 1.54) is 23.8 Å². The molecule has 0 saturated heterocycles. The van der Waals surface area contributed by atoms with Crippen LogP contribution in [0.4, 0.5) is 4.79 Å². The van der Waals surface area contributed by atoms with Crippen molar-refractivity contribution in [3.05, 3.63) is 31.7 Å². The van der Waals surface area contributed by atoms with E-state index in [4.69, 9.17) is 9.84 Å². The van der Waals surface area contributed by atoms with Crippen LogP contribution in [0.1, 0.15) is 89.0 Å². The van der Waals surface area contributed by atoms with Crippen molar-refractivity contribution in [3.63, 3.8) is 0 Å². The number of alkyl carbamates (subject to hydrolysis) is 1. The largest absolute Gasteiger partial charge is 0.476 e. The third-order valence-electron chi connectivity index (χ3n) is 4.65. The molecule has 0 bridgehead atoms. The Labute approximate surface area is 211 Å². The van der Waals surface area contributed by atoms with Crippen LogP contribution in [0.2, 0.25) is 0 Å². The third-order valence-corrected chi connectivity index (χ3v) is 6.66. The van der Waals surface area contributed by atoms with E-state index in [-0.39, 0.29) is 29.6 Å². The molecule has 0 aliphatic heterocycles. The lowest BCUT2D eigenvalue weighted by Crippen LogP contribution is -2.37. The molecule has 0 spiro atoms. The van der Waals surface area contributed by atoms with Gasteiger partial charge in [0, 0.05) is 17.3 Å². The summed E-state index contributed by atoms with van der Waals surface area (Å²) in [6.07, 6.45) is -0.793. The van der Waals surface area contributed by atoms with Crippen LogP contribution in [0.3, 0.4) is 0 Å². The van der Waals surface area contributed by atoms with E-state index < -0.39 is 35.7 Å². The first-order valence-electron chi connectivity index (χ1n) is 10.9. The summed E-state index contributed by atoms with van der Waals surface area (Å²) in [5.74, 6) is -1.99. The van der Waals surface area contributed by atoms with Crippen molar-refractivity contribution in [3.8, 4) is 0 Å². The second-order valence-electron chi connectivity index (χ2n) is 9.10. The molecule has 13 heteroatoms. The number of hydrogen-bond donors (Lipinski definition) is 4. The number of carbonyl (C=O) groups excluding carboxylic acids is 3. The number of hydrogen-bond acceptors (Lipinski definition) is 9. The molecule has 2 atom stereocenters. The predicted molar refractivity (Wildman–Crippen MR) is 132 cm³/mol. The smallest absolute Gasteiger partial charge is 0.408 e. The van der Waals surface area contributed by atoms with Gasteiger partial charge >= 0.3 is 12.1 Å². The lowest BCUT2D eigenvalue weighted by molar-refractivity contribution is -0.121. The quantitative estimate of drug-likeness (QED) is 0.387. The van der Waals surface area contributed by atoms with E-state index in [1.807, 2.05) is 13.8 Å². The molecule has 2 rings (SSSR count). The predicted octanol–water partition coefficient (Wildman–Crippen LogP) is 3.44. The zero-order chi connectivity index (χ0) is 26.5. The van der Waals surface area contributed by atoms with Crippen LogP contribution in [0, 0.1) is 12.8 Å². The molecular formula is C22H31N5O6S2. The average molecular weight is 526 g/mol. The topological polar surface area (TPSA) is 160 Å². The van der Waals surface area contributed by atoms with Crippen molar-refractivity contribution in [2.24, 2.45) is 5.92 Å². The van der Waals surface area contributed by atoms with Gasteiger partial charge in [-0.15, -0.1) is 22.7 Å². The number of aromatic nitrogens is 2. The number of ether oxygens (including phenoxy) is 1. The molecular weight excluding hydrogens is 494 g/mol. The molecule has 2 aromatic heterocycles. The summed E-state index contributed by atoms with van der Waals surface area (Å²) in [6, 6.07) is -1.32. The minimum absolute atomic E-state index is 0.0695. The van der Waals surface area contributed by atoms with Gasteiger partial charge in [-0.25, -0.2) is 19.6 Å². The molecule has 0 fully saturated rings. The Morgan fingerprint density at radius 2 is 1.77 bits per heavy atom. The van der Waals surface area contributed by atoms with Gasteiger partial charge in [0.1, 0.15) is 21.3 Å². The maximum atomic E-state index is 13.1. The summed E-state index contributed by atoms with van der Waals surface area (Å²) >= 11 is 2.35. The lowest BCUT2D eigenvalue weighted by Gasteiger charge is -2.22. The fourth-order valence-electron chi connectivity index (χ4n) is 2.97. The Morgan fingerprint density at radius 1 is 1.11 bits per heavy atom. The molecule has 11 nitrogen and oxygen atoms in total. The van der Waals surface area contributed by atoms with Crippen LogP contribution in [0.15, 0.2) is 5.38 Å². The van der Waals surface area contributed by atoms with Gasteiger partial charge in [-0.05, 0) is 33.6 Å². The van der Waals surface area contributed by atoms with Gasteiger partial charge < -0.3 is 25.8 Å². The highest BCUT2D eigenvalue weighted by Crippen LogP contribution is 2.29. The Kier molecular flexibility index (Phi) is 9.32. The van der Waals surface area contributed by atoms with Crippen molar-refractivity contribution in [1.82, 2.24) is 25.9 Å². The number of nitrogens with zero attached hydrogens (tertiary/aromatic N) is 2. The number of thiazole rings is 2. The van der Waals surface area contributed by atoms with Crippen molar-refractivity contribution in [1.29, 1.82) is 0 Å². The van der Waals surface area contributed by atoms with Gasteiger partial charge in [0.2, 0.25) is 5.91 Å². The van der Waals surface area contributed by atoms with Crippen LogP contribution in [0.5, 0.6) is 0 Å². The second-order valence-corrected chi connectivity index (χ2v) is 11.2. The van der Waals surface area contributed by atoms with E-state index in [9.17, 15) is 19.2 Å². The molecule has 35 heavy (non-hydrogen) atoms. The van der Waals surface area contributed by atoms with Crippen molar-refractivity contribution in [2.45, 2.75) is 65.6 Å². The fourth-order valence-corrected chi connectivity index (χ4v) is 4.95. The minimum Gasteiger partial charge on any atom is -0.476 e. The number of carboxylic acid groups (broad SMARTS) is 1. The third kappa shape index (κ3) is 7.99. The molecule has 0 radical (unpaired) electrons. The van der Waals surface area contributed by atoms with Gasteiger partial charge in [0.25, 0.3) is 5.91 Å². The van der Waals surface area contributed by atoms with Gasteiger partial charge in [-0.2, -0.15) is 0 Å². The summed E-state index contributed by atoms with van der Waals surface area (Å²) in [5.41, 5.74) is -0.658. The molecule has 192 valence electrons. The number of carbonyl (C=O) groups is 4. The molecule has 0 aliphatic rings. The first-order valence-corrected chi connectivity index (χ1v) is 12.6. The van der Waals surface area contributed by atoms with Crippen molar-refractivity contribution < 1.29 is 29.0 Å². The standard InChI is InChI=1S/C22H31N5O6S2/c1-10(2)15(19-24-13(9-34-19)20(30)31)26-17(29)16-11(3)35-18(27-16)12(8-14(28)23-7)25-21(32)33-22(4,5)6/h9-10,12,15H,8H2,1-7H3,(H,23,28)(H,25,32)(H,26,29)(H,30,31)/t12-,15-/m0/s1. The normalized spacial score (nSPS) is 13.1. The fraction of sp³-hybridized carbons (Fsp3) is 0.545. The summed E-state index contributed by atoms with van der Waals surface area (Å²) in [4.78, 5) is 57.9. The SMILES string of the molecule is CNC(=O)C[C@H](NC(=O)OC(C)(C)C)c1nc(C(=O)N[C@H](c2nc(C(=O)O)cs2)C(C)C)c(C)s1. The zero-order valence-corrected chi connectivity index (χ0v) is 22.3. The van der Waals surface area contributed by atoms with Gasteiger partial charge in [0.15, 0.2) is 5.69 Å².